The molecule has 1 unspecified atom stereocenters. The van der Waals surface area contributed by atoms with Crippen molar-refractivity contribution in [1.82, 2.24) is 9.55 Å². The highest BCUT2D eigenvalue weighted by Crippen LogP contribution is 2.41. The summed E-state index contributed by atoms with van der Waals surface area (Å²) in [5, 5.41) is 19.5. The van der Waals surface area contributed by atoms with Gasteiger partial charge in [-0.1, -0.05) is 0 Å². The van der Waals surface area contributed by atoms with Crippen LogP contribution in [0.1, 0.15) is 18.4 Å². The molecule has 0 saturated carbocycles. The van der Waals surface area contributed by atoms with Crippen molar-refractivity contribution >= 4 is 11.8 Å². The number of carbonyl (C=O) groups is 2. The predicted molar refractivity (Wildman–Crippen MR) is 83.1 cm³/mol. The van der Waals surface area contributed by atoms with Gasteiger partial charge < -0.3 is 26.4 Å². The summed E-state index contributed by atoms with van der Waals surface area (Å²) in [6.45, 7) is 0.826. The van der Waals surface area contributed by atoms with Crippen molar-refractivity contribution in [3.8, 4) is 0 Å². The molecule has 1 aromatic heterocycles. The minimum absolute atomic E-state index is 0.131. The third-order valence-electron chi connectivity index (χ3n) is 4.29. The van der Waals surface area contributed by atoms with Crippen LogP contribution in [0.4, 0.5) is 0 Å². The van der Waals surface area contributed by atoms with E-state index in [1.54, 1.807) is 0 Å². The zero-order valence-corrected chi connectivity index (χ0v) is 13.5. The second kappa shape index (κ2) is 6.78. The summed E-state index contributed by atoms with van der Waals surface area (Å²) in [5.74, 6) is -3.26. The van der Waals surface area contributed by atoms with Gasteiger partial charge >= 0.3 is 5.69 Å². The summed E-state index contributed by atoms with van der Waals surface area (Å²) in [6, 6.07) is 0. The monoisotopic (exact) mass is 356 g/mol. The number of nitrogens with zero attached hydrogens (tertiary/aromatic N) is 1. The van der Waals surface area contributed by atoms with Gasteiger partial charge in [-0.3, -0.25) is 23.9 Å². The summed E-state index contributed by atoms with van der Waals surface area (Å²) in [7, 11) is 0. The molecule has 0 aromatic carbocycles. The highest BCUT2D eigenvalue weighted by Gasteiger charge is 2.55. The summed E-state index contributed by atoms with van der Waals surface area (Å²) in [6.07, 6.45) is -2.08. The molecular formula is C14H20N4O7. The Morgan fingerprint density at radius 3 is 2.60 bits per heavy atom. The van der Waals surface area contributed by atoms with E-state index in [9.17, 15) is 29.4 Å². The normalized spacial score (nSPS) is 27.2. The highest BCUT2D eigenvalue weighted by molar-refractivity contribution is 5.84. The number of rotatable bonds is 6. The lowest BCUT2D eigenvalue weighted by Crippen LogP contribution is -2.54. The summed E-state index contributed by atoms with van der Waals surface area (Å²) >= 11 is 0. The van der Waals surface area contributed by atoms with E-state index in [4.69, 9.17) is 16.2 Å². The fourth-order valence-electron chi connectivity index (χ4n) is 3.06. The summed E-state index contributed by atoms with van der Waals surface area (Å²) in [4.78, 5) is 49.3. The van der Waals surface area contributed by atoms with Gasteiger partial charge in [-0.05, 0) is 6.92 Å². The van der Waals surface area contributed by atoms with Crippen molar-refractivity contribution in [3.63, 3.8) is 0 Å². The number of hydrogen-bond donors (Lipinski definition) is 5. The first kappa shape index (κ1) is 18.8. The van der Waals surface area contributed by atoms with Gasteiger partial charge in [0.25, 0.3) is 5.56 Å². The topological polar surface area (TPSA) is 191 Å². The average molecular weight is 356 g/mol. The van der Waals surface area contributed by atoms with Crippen molar-refractivity contribution in [2.75, 3.05) is 6.61 Å². The average Bonchev–Trinajstić information content (AvgIpc) is 2.85. The van der Waals surface area contributed by atoms with Crippen LogP contribution in [0.3, 0.4) is 0 Å². The van der Waals surface area contributed by atoms with Gasteiger partial charge in [0.05, 0.1) is 18.6 Å². The zero-order valence-electron chi connectivity index (χ0n) is 13.5. The summed E-state index contributed by atoms with van der Waals surface area (Å²) < 4.78 is 6.53. The lowest BCUT2D eigenvalue weighted by atomic mass is 9.87. The molecule has 2 heterocycles. The smallest absolute Gasteiger partial charge is 0.330 e. The molecule has 4 atom stereocenters. The third-order valence-corrected chi connectivity index (χ3v) is 4.29. The lowest BCUT2D eigenvalue weighted by Gasteiger charge is -2.36. The molecule has 1 aromatic rings. The number of aromatic amines is 1. The Hall–Kier alpha value is -2.50. The first-order valence-corrected chi connectivity index (χ1v) is 7.49. The second-order valence-corrected chi connectivity index (χ2v) is 6.02. The number of amides is 2. The zero-order chi connectivity index (χ0) is 18.9. The molecule has 11 heteroatoms. The van der Waals surface area contributed by atoms with E-state index in [1.807, 2.05) is 0 Å². The predicted octanol–water partition coefficient (Wildman–Crippen LogP) is -3.38. The van der Waals surface area contributed by atoms with Gasteiger partial charge in [0.1, 0.15) is 6.10 Å². The van der Waals surface area contributed by atoms with E-state index in [0.717, 1.165) is 10.8 Å². The number of aliphatic hydroxyl groups is 2. The molecule has 0 spiro atoms. The Morgan fingerprint density at radius 1 is 1.48 bits per heavy atom. The maximum atomic E-state index is 12.3. The third kappa shape index (κ3) is 3.34. The fraction of sp³-hybridized carbons (Fsp3) is 0.571. The Bertz CT molecular complexity index is 801. The molecule has 2 amide bonds. The van der Waals surface area contributed by atoms with E-state index in [2.05, 4.69) is 4.98 Å². The quantitative estimate of drug-likeness (QED) is 0.351. The molecule has 138 valence electrons. The number of aliphatic hydroxyl groups excluding tert-OH is 2. The molecule has 1 saturated heterocycles. The van der Waals surface area contributed by atoms with Crippen molar-refractivity contribution in [2.45, 2.75) is 37.7 Å². The number of nitrogens with one attached hydrogen (secondary N) is 1. The molecule has 11 nitrogen and oxygen atoms in total. The number of nitrogens with two attached hydrogens (primary N) is 2. The molecule has 2 rings (SSSR count). The Kier molecular flexibility index (Phi) is 5.11. The van der Waals surface area contributed by atoms with Gasteiger partial charge in [0.15, 0.2) is 5.72 Å². The molecule has 1 aliphatic heterocycles. The number of primary amides is 2. The highest BCUT2D eigenvalue weighted by atomic mass is 16.6. The molecule has 0 radical (unpaired) electrons. The standard InChI is InChI=1S/C14H20N4O7/c1-6-4-18(13(24)17-12(6)23)14(3-8(20)9(5-19)25-14)7(11(16)22)2-10(15)21/h4,7-9,19-20H,2-3,5H2,1H3,(H2,15,21)(H2,16,22)(H,17,23,24)/t7?,8-,9+,14-/m0/s1. The van der Waals surface area contributed by atoms with Crippen LogP contribution in [0.2, 0.25) is 0 Å². The number of aryl methyl sites for hydroxylation is 1. The van der Waals surface area contributed by atoms with Crippen molar-refractivity contribution in [1.29, 1.82) is 0 Å². The van der Waals surface area contributed by atoms with Gasteiger partial charge in [-0.2, -0.15) is 0 Å². The van der Waals surface area contributed by atoms with Crippen LogP contribution < -0.4 is 22.7 Å². The van der Waals surface area contributed by atoms with Crippen LogP contribution in [0.5, 0.6) is 0 Å². The van der Waals surface area contributed by atoms with Crippen LogP contribution in [0.25, 0.3) is 0 Å². The number of aromatic nitrogens is 2. The van der Waals surface area contributed by atoms with Gasteiger partial charge in [-0.15, -0.1) is 0 Å². The Balaban J connectivity index is 2.72. The number of carbonyl (C=O) groups excluding carboxylic acids is 2. The van der Waals surface area contributed by atoms with Gasteiger partial charge in [0, 0.05) is 24.6 Å². The van der Waals surface area contributed by atoms with Crippen LogP contribution in [-0.4, -0.2) is 50.4 Å². The number of H-pyrrole nitrogens is 1. The van der Waals surface area contributed by atoms with Crippen LogP contribution in [0.15, 0.2) is 15.8 Å². The maximum Gasteiger partial charge on any atom is 0.330 e. The lowest BCUT2D eigenvalue weighted by molar-refractivity contribution is -0.168. The molecule has 1 fully saturated rings. The SMILES string of the molecule is Cc1cn([C@@]2(C(CC(N)=O)C(N)=O)C[C@H](O)[C@@H](CO)O2)c(=O)[nH]c1=O. The first-order valence-electron chi connectivity index (χ1n) is 7.49. The second-order valence-electron chi connectivity index (χ2n) is 6.02. The minimum atomic E-state index is -1.88. The van der Waals surface area contributed by atoms with Crippen molar-refractivity contribution in [2.24, 2.45) is 17.4 Å². The van der Waals surface area contributed by atoms with E-state index >= 15 is 0 Å². The Morgan fingerprint density at radius 2 is 2.12 bits per heavy atom. The van der Waals surface area contributed by atoms with E-state index < -0.39 is 59.9 Å². The van der Waals surface area contributed by atoms with Crippen LogP contribution in [0, 0.1) is 12.8 Å². The maximum absolute atomic E-state index is 12.3. The van der Waals surface area contributed by atoms with Crippen LogP contribution in [-0.2, 0) is 20.1 Å². The molecule has 7 N–H and O–H groups in total. The Labute approximate surface area is 141 Å². The van der Waals surface area contributed by atoms with Gasteiger partial charge in [-0.25, -0.2) is 4.79 Å². The first-order chi connectivity index (χ1) is 11.6. The van der Waals surface area contributed by atoms with E-state index in [-0.39, 0.29) is 12.0 Å². The molecule has 25 heavy (non-hydrogen) atoms. The molecular weight excluding hydrogens is 336 g/mol. The molecule has 1 aliphatic rings. The van der Waals surface area contributed by atoms with Crippen molar-refractivity contribution < 1.29 is 24.5 Å². The fourth-order valence-corrected chi connectivity index (χ4v) is 3.06. The van der Waals surface area contributed by atoms with Crippen molar-refractivity contribution in [3.05, 3.63) is 32.6 Å². The van der Waals surface area contributed by atoms with Gasteiger partial charge in [0.2, 0.25) is 11.8 Å². The number of ether oxygens (including phenoxy) is 1. The van der Waals surface area contributed by atoms with Crippen LogP contribution >= 0.6 is 0 Å². The van der Waals surface area contributed by atoms with E-state index in [1.165, 1.54) is 6.92 Å². The van der Waals surface area contributed by atoms with E-state index in [0.29, 0.717) is 0 Å². The molecule has 0 bridgehead atoms. The largest absolute Gasteiger partial charge is 0.394 e. The minimum Gasteiger partial charge on any atom is -0.394 e. The number of hydrogen-bond acceptors (Lipinski definition) is 7. The summed E-state index contributed by atoms with van der Waals surface area (Å²) in [5.41, 5.74) is 7.25. The molecule has 0 aliphatic carbocycles.